The van der Waals surface area contributed by atoms with Gasteiger partial charge < -0.3 is 23.7 Å². The summed E-state index contributed by atoms with van der Waals surface area (Å²) in [7, 11) is 0. The van der Waals surface area contributed by atoms with Gasteiger partial charge in [0.1, 0.15) is 18.3 Å². The molecule has 0 aromatic heterocycles. The van der Waals surface area contributed by atoms with Gasteiger partial charge in [-0.3, -0.25) is 24.0 Å². The summed E-state index contributed by atoms with van der Waals surface area (Å²) in [4.78, 5) is 60.9. The number of carbonyl (C=O) groups is 5. The lowest BCUT2D eigenvalue weighted by molar-refractivity contribution is -0.224. The average molecular weight is 685 g/mol. The molecule has 0 bridgehead atoms. The van der Waals surface area contributed by atoms with E-state index >= 15 is 0 Å². The van der Waals surface area contributed by atoms with Crippen LogP contribution in [0.2, 0.25) is 0 Å². The summed E-state index contributed by atoms with van der Waals surface area (Å²) in [5, 5.41) is 0. The van der Waals surface area contributed by atoms with Crippen molar-refractivity contribution in [2.24, 2.45) is 46.3 Å². The summed E-state index contributed by atoms with van der Waals surface area (Å²) < 4.78 is 52.1. The Morgan fingerprint density at radius 1 is 0.792 bits per heavy atom. The normalized spacial score (nSPS) is 36.1. The summed E-state index contributed by atoms with van der Waals surface area (Å²) in [6.45, 7) is 10.1. The summed E-state index contributed by atoms with van der Waals surface area (Å²) in [5.74, 6) is -1.27. The van der Waals surface area contributed by atoms with Gasteiger partial charge in [-0.25, -0.2) is 8.78 Å². The fourth-order valence-electron chi connectivity index (χ4n) is 10.4. The minimum absolute atomic E-state index is 0.00325. The van der Waals surface area contributed by atoms with E-state index in [1.807, 2.05) is 0 Å². The Morgan fingerprint density at radius 3 is 2.10 bits per heavy atom. The van der Waals surface area contributed by atoms with Crippen LogP contribution in [0, 0.1) is 46.3 Å². The lowest BCUT2D eigenvalue weighted by Crippen LogP contribution is -2.63. The molecule has 4 fully saturated rings. The van der Waals surface area contributed by atoms with Crippen LogP contribution in [-0.4, -0.2) is 67.8 Å². The molecule has 0 aromatic rings. The van der Waals surface area contributed by atoms with Crippen molar-refractivity contribution in [3.05, 3.63) is 0 Å². The van der Waals surface area contributed by atoms with E-state index in [9.17, 15) is 32.8 Å². The van der Waals surface area contributed by atoms with Gasteiger partial charge in [0, 0.05) is 44.9 Å². The van der Waals surface area contributed by atoms with Crippen molar-refractivity contribution < 1.29 is 56.4 Å². The number of ether oxygens (including phenoxy) is 5. The molecule has 0 saturated heterocycles. The molecule has 4 aliphatic rings. The van der Waals surface area contributed by atoms with Crippen LogP contribution >= 0.6 is 0 Å². The van der Waals surface area contributed by atoms with Crippen LogP contribution < -0.4 is 0 Å². The number of fused-ring (bicyclic) bond motifs is 5. The van der Waals surface area contributed by atoms with Gasteiger partial charge in [-0.1, -0.05) is 20.8 Å². The minimum Gasteiger partial charge on any atom is -0.466 e. The lowest BCUT2D eigenvalue weighted by atomic mass is 9.43. The van der Waals surface area contributed by atoms with Crippen LogP contribution in [0.3, 0.4) is 0 Å². The van der Waals surface area contributed by atoms with E-state index in [4.69, 9.17) is 18.9 Å². The molecule has 48 heavy (non-hydrogen) atoms. The van der Waals surface area contributed by atoms with Crippen molar-refractivity contribution in [2.45, 2.75) is 137 Å². The van der Waals surface area contributed by atoms with Gasteiger partial charge in [-0.05, 0) is 92.8 Å². The maximum absolute atomic E-state index is 12.6. The Morgan fingerprint density at radius 2 is 1.46 bits per heavy atom. The van der Waals surface area contributed by atoms with Crippen molar-refractivity contribution in [2.75, 3.05) is 13.2 Å². The van der Waals surface area contributed by atoms with Crippen molar-refractivity contribution in [1.82, 2.24) is 0 Å². The number of carbonyl (C=O) groups excluding carboxylic acids is 5. The molecule has 0 heterocycles. The second-order valence-corrected chi connectivity index (χ2v) is 15.2. The molecule has 0 aromatic carbocycles. The summed E-state index contributed by atoms with van der Waals surface area (Å²) in [6, 6.07) is 0. The number of rotatable bonds is 13. The third-order valence-corrected chi connectivity index (χ3v) is 12.4. The van der Waals surface area contributed by atoms with E-state index in [1.165, 1.54) is 20.8 Å². The monoisotopic (exact) mass is 684 g/mol. The summed E-state index contributed by atoms with van der Waals surface area (Å²) in [6.07, 6.45) is 2.81. The van der Waals surface area contributed by atoms with Crippen LogP contribution in [0.25, 0.3) is 0 Å². The molecule has 12 heteroatoms. The van der Waals surface area contributed by atoms with E-state index in [2.05, 4.69) is 25.5 Å². The lowest BCUT2D eigenvalue weighted by Gasteiger charge is -2.64. The molecule has 0 N–H and O–H groups in total. The Hall–Kier alpha value is -2.79. The molecule has 0 amide bonds. The maximum Gasteiger partial charge on any atom is 0.306 e. The van der Waals surface area contributed by atoms with E-state index in [1.54, 1.807) is 0 Å². The quantitative estimate of drug-likeness (QED) is 0.125. The van der Waals surface area contributed by atoms with Crippen molar-refractivity contribution in [1.29, 1.82) is 0 Å². The van der Waals surface area contributed by atoms with E-state index in [0.717, 1.165) is 32.1 Å². The Labute approximate surface area is 282 Å². The zero-order chi connectivity index (χ0) is 35.4. The molecule has 10 nitrogen and oxygen atoms in total. The summed E-state index contributed by atoms with van der Waals surface area (Å²) in [5.41, 5.74) is -0.490. The Bertz CT molecular complexity index is 1190. The molecule has 3 unspecified atom stereocenters. The zero-order valence-corrected chi connectivity index (χ0v) is 29.3. The molecule has 0 aliphatic heterocycles. The molecule has 4 aliphatic carbocycles. The van der Waals surface area contributed by atoms with E-state index in [0.29, 0.717) is 19.3 Å². The number of hydrogen-bond acceptors (Lipinski definition) is 10. The first-order valence-corrected chi connectivity index (χ1v) is 17.7. The van der Waals surface area contributed by atoms with Gasteiger partial charge in [-0.15, -0.1) is 0 Å². The SMILES string of the molecule is CC(=O)OC1CC[C@@]2(C)[C@@H](C1)CC(OC(C)=O)[C@@H]1[C@@H]2CC(OC(C)=O)[C@]2(C)[C@@H]([C@H](C)CCC(=O)OCCCC(=O)OCC(F)F)CC[C@@H]12. The molecule has 4 saturated carbocycles. The van der Waals surface area contributed by atoms with E-state index < -0.39 is 30.4 Å². The van der Waals surface area contributed by atoms with Crippen molar-refractivity contribution in [3.63, 3.8) is 0 Å². The van der Waals surface area contributed by atoms with Gasteiger partial charge in [0.25, 0.3) is 6.43 Å². The second kappa shape index (κ2) is 15.8. The zero-order valence-electron chi connectivity index (χ0n) is 29.3. The fraction of sp³-hybridized carbons (Fsp3) is 0.861. The van der Waals surface area contributed by atoms with Gasteiger partial charge in [0.15, 0.2) is 6.61 Å². The smallest absolute Gasteiger partial charge is 0.306 e. The molecule has 0 radical (unpaired) electrons. The van der Waals surface area contributed by atoms with Crippen molar-refractivity contribution >= 4 is 29.8 Å². The molecule has 4 rings (SSSR count). The third kappa shape index (κ3) is 8.49. The maximum atomic E-state index is 12.6. The first-order chi connectivity index (χ1) is 22.6. The van der Waals surface area contributed by atoms with Gasteiger partial charge >= 0.3 is 29.8 Å². The summed E-state index contributed by atoms with van der Waals surface area (Å²) >= 11 is 0. The molecule has 272 valence electrons. The first-order valence-electron chi connectivity index (χ1n) is 17.7. The highest BCUT2D eigenvalue weighted by Crippen LogP contribution is 2.69. The molecular weight excluding hydrogens is 630 g/mol. The van der Waals surface area contributed by atoms with Crippen LogP contribution in [0.1, 0.15) is 112 Å². The van der Waals surface area contributed by atoms with Gasteiger partial charge in [0.2, 0.25) is 0 Å². The van der Waals surface area contributed by atoms with Gasteiger partial charge in [0.05, 0.1) is 6.61 Å². The Balaban J connectivity index is 1.47. The average Bonchev–Trinajstić information content (AvgIpc) is 3.35. The molecule has 11 atom stereocenters. The second-order valence-electron chi connectivity index (χ2n) is 15.2. The van der Waals surface area contributed by atoms with Crippen LogP contribution in [0.4, 0.5) is 8.78 Å². The van der Waals surface area contributed by atoms with Crippen molar-refractivity contribution in [3.8, 4) is 0 Å². The largest absolute Gasteiger partial charge is 0.466 e. The third-order valence-electron chi connectivity index (χ3n) is 12.4. The topological polar surface area (TPSA) is 132 Å². The van der Waals surface area contributed by atoms with E-state index in [-0.39, 0.29) is 103 Å². The number of esters is 5. The minimum atomic E-state index is -2.72. The fourth-order valence-corrected chi connectivity index (χ4v) is 10.4. The van der Waals surface area contributed by atoms with Crippen LogP contribution in [0.15, 0.2) is 0 Å². The molecular formula is C36H54F2O10. The van der Waals surface area contributed by atoms with Crippen LogP contribution in [-0.2, 0) is 47.7 Å². The number of halogens is 2. The molecule has 0 spiro atoms. The predicted octanol–water partition coefficient (Wildman–Crippen LogP) is 6.21. The highest BCUT2D eigenvalue weighted by Gasteiger charge is 2.67. The standard InChI is InChI=1S/C36H54F2O10/c1-20(9-12-33(43)44-15-7-8-32(42)45-19-31(37)38)26-10-11-27-34-28(18-30(36(26,27)6)48-23(4)41)35(5)14-13-25(46-21(2)39)16-24(35)17-29(34)47-22(3)40/h20,24-31,34H,7-19H2,1-6H3/t20-,24+,25?,26-,27+,28+,29?,30?,34+,35+,36-/m1/s1. The number of alkyl halides is 2. The number of hydrogen-bond donors (Lipinski definition) is 0. The first kappa shape index (κ1) is 38.0. The Kier molecular flexibility index (Phi) is 12.5. The highest BCUT2D eigenvalue weighted by atomic mass is 19.3. The van der Waals surface area contributed by atoms with Gasteiger partial charge in [-0.2, -0.15) is 0 Å². The predicted molar refractivity (Wildman–Crippen MR) is 168 cm³/mol. The highest BCUT2D eigenvalue weighted by molar-refractivity contribution is 5.70. The van der Waals surface area contributed by atoms with Crippen LogP contribution in [0.5, 0.6) is 0 Å².